The van der Waals surface area contributed by atoms with Crippen LogP contribution in [-0.2, 0) is 20.7 Å². The van der Waals surface area contributed by atoms with Gasteiger partial charge in [-0.1, -0.05) is 36.8 Å². The van der Waals surface area contributed by atoms with E-state index < -0.39 is 0 Å². The normalized spacial score (nSPS) is 20.3. The summed E-state index contributed by atoms with van der Waals surface area (Å²) >= 11 is 0. The van der Waals surface area contributed by atoms with Gasteiger partial charge in [0.2, 0.25) is 5.91 Å². The van der Waals surface area contributed by atoms with Crippen LogP contribution in [0.2, 0.25) is 0 Å². The fraction of sp³-hybridized carbons (Fsp3) is 0.650. The van der Waals surface area contributed by atoms with E-state index in [1.54, 1.807) is 0 Å². The lowest BCUT2D eigenvalue weighted by atomic mass is 9.65. The van der Waals surface area contributed by atoms with Gasteiger partial charge >= 0.3 is 0 Å². The molecule has 0 aromatic heterocycles. The van der Waals surface area contributed by atoms with Crippen LogP contribution in [0.25, 0.3) is 0 Å². The lowest BCUT2D eigenvalue weighted by Gasteiger charge is -2.42. The molecule has 0 atom stereocenters. The quantitative estimate of drug-likeness (QED) is 0.796. The summed E-state index contributed by atoms with van der Waals surface area (Å²) < 4.78 is 11.1. The number of benzene rings is 1. The maximum Gasteiger partial charge on any atom is 0.222 e. The Bertz CT molecular complexity index is 507. The maximum absolute atomic E-state index is 12.1. The molecule has 1 heterocycles. The lowest BCUT2D eigenvalue weighted by Crippen LogP contribution is -2.43. The Balaban J connectivity index is 1.36. The van der Waals surface area contributed by atoms with E-state index in [-0.39, 0.29) is 17.4 Å². The van der Waals surface area contributed by atoms with Gasteiger partial charge < -0.3 is 14.8 Å². The van der Waals surface area contributed by atoms with E-state index in [0.717, 1.165) is 39.0 Å². The van der Waals surface area contributed by atoms with Crippen LogP contribution < -0.4 is 5.32 Å². The highest BCUT2D eigenvalue weighted by molar-refractivity contribution is 5.76. The number of carbonyl (C=O) groups is 1. The van der Waals surface area contributed by atoms with E-state index >= 15 is 0 Å². The van der Waals surface area contributed by atoms with Gasteiger partial charge in [-0.05, 0) is 43.1 Å². The predicted molar refractivity (Wildman–Crippen MR) is 93.8 cm³/mol. The zero-order valence-electron chi connectivity index (χ0n) is 14.5. The van der Waals surface area contributed by atoms with Gasteiger partial charge in [-0.2, -0.15) is 0 Å². The highest BCUT2D eigenvalue weighted by Crippen LogP contribution is 2.43. The van der Waals surface area contributed by atoms with Crippen LogP contribution in [0.1, 0.15) is 44.1 Å². The van der Waals surface area contributed by atoms with E-state index in [0.29, 0.717) is 13.0 Å². The molecule has 1 aromatic rings. The van der Waals surface area contributed by atoms with Crippen molar-refractivity contribution >= 4 is 5.91 Å². The Labute approximate surface area is 144 Å². The van der Waals surface area contributed by atoms with E-state index in [4.69, 9.17) is 9.47 Å². The Kier molecular flexibility index (Phi) is 6.27. The van der Waals surface area contributed by atoms with Crippen LogP contribution in [0.15, 0.2) is 30.3 Å². The molecule has 0 bridgehead atoms. The molecular weight excluding hydrogens is 302 g/mol. The smallest absolute Gasteiger partial charge is 0.222 e. The third-order valence-corrected chi connectivity index (χ3v) is 5.35. The molecule has 0 radical (unpaired) electrons. The van der Waals surface area contributed by atoms with Crippen molar-refractivity contribution in [3.63, 3.8) is 0 Å². The Hall–Kier alpha value is -1.39. The molecule has 1 N–H and O–H groups in total. The van der Waals surface area contributed by atoms with Gasteiger partial charge in [0, 0.05) is 26.2 Å². The Morgan fingerprint density at radius 1 is 1.21 bits per heavy atom. The molecule has 2 aliphatic rings. The van der Waals surface area contributed by atoms with Crippen molar-refractivity contribution in [2.45, 2.75) is 51.0 Å². The van der Waals surface area contributed by atoms with Crippen molar-refractivity contribution in [2.75, 3.05) is 26.4 Å². The van der Waals surface area contributed by atoms with Crippen LogP contribution in [0, 0.1) is 5.41 Å². The summed E-state index contributed by atoms with van der Waals surface area (Å²) in [5, 5.41) is 3.14. The molecule has 4 heteroatoms. The van der Waals surface area contributed by atoms with E-state index in [1.165, 1.54) is 24.8 Å². The number of ether oxygens (including phenoxy) is 2. The number of amides is 1. The topological polar surface area (TPSA) is 47.6 Å². The van der Waals surface area contributed by atoms with Gasteiger partial charge in [0.1, 0.15) is 0 Å². The molecule has 1 aliphatic heterocycles. The monoisotopic (exact) mass is 331 g/mol. The first-order valence-electron chi connectivity index (χ1n) is 9.26. The lowest BCUT2D eigenvalue weighted by molar-refractivity contribution is -0.124. The van der Waals surface area contributed by atoms with Crippen molar-refractivity contribution in [3.05, 3.63) is 35.9 Å². The Morgan fingerprint density at radius 3 is 2.62 bits per heavy atom. The highest BCUT2D eigenvalue weighted by atomic mass is 16.5. The first-order valence-corrected chi connectivity index (χ1v) is 9.26. The van der Waals surface area contributed by atoms with E-state index in [1.807, 2.05) is 0 Å². The molecule has 3 rings (SSSR count). The van der Waals surface area contributed by atoms with Crippen molar-refractivity contribution in [3.8, 4) is 0 Å². The Morgan fingerprint density at radius 2 is 1.96 bits per heavy atom. The number of hydrogen-bond acceptors (Lipinski definition) is 3. The molecule has 1 saturated heterocycles. The van der Waals surface area contributed by atoms with Gasteiger partial charge in [0.15, 0.2) is 0 Å². The maximum atomic E-state index is 12.1. The minimum absolute atomic E-state index is 0.112. The standard InChI is InChI=1S/C20H29NO3/c22-19(9-14-24-18-7-12-23-13-8-18)21-16-20(10-4-11-20)15-17-5-2-1-3-6-17/h1-3,5-6,18H,4,7-16H2,(H,21,22). The van der Waals surface area contributed by atoms with E-state index in [9.17, 15) is 4.79 Å². The molecule has 0 unspecified atom stereocenters. The molecule has 2 fully saturated rings. The van der Waals surface area contributed by atoms with Gasteiger partial charge in [-0.15, -0.1) is 0 Å². The predicted octanol–water partition coefficient (Wildman–Crippen LogP) is 3.10. The second-order valence-electron chi connectivity index (χ2n) is 7.23. The van der Waals surface area contributed by atoms with Gasteiger partial charge in [-0.25, -0.2) is 0 Å². The minimum Gasteiger partial charge on any atom is -0.381 e. The molecule has 1 aromatic carbocycles. The van der Waals surface area contributed by atoms with Crippen molar-refractivity contribution in [1.29, 1.82) is 0 Å². The number of hydrogen-bond donors (Lipinski definition) is 1. The zero-order chi connectivity index (χ0) is 16.7. The fourth-order valence-corrected chi connectivity index (χ4v) is 3.66. The van der Waals surface area contributed by atoms with Crippen LogP contribution in [0.3, 0.4) is 0 Å². The molecule has 0 spiro atoms. The van der Waals surface area contributed by atoms with Crippen LogP contribution in [-0.4, -0.2) is 38.4 Å². The second kappa shape index (κ2) is 8.63. The van der Waals surface area contributed by atoms with Crippen molar-refractivity contribution in [1.82, 2.24) is 5.32 Å². The molecule has 4 nitrogen and oxygen atoms in total. The number of rotatable bonds is 8. The molecule has 24 heavy (non-hydrogen) atoms. The summed E-state index contributed by atoms with van der Waals surface area (Å²) in [6.07, 6.45) is 7.37. The number of carbonyl (C=O) groups excluding carboxylic acids is 1. The molecule has 1 amide bonds. The largest absolute Gasteiger partial charge is 0.381 e. The van der Waals surface area contributed by atoms with E-state index in [2.05, 4.69) is 35.6 Å². The third-order valence-electron chi connectivity index (χ3n) is 5.35. The second-order valence-corrected chi connectivity index (χ2v) is 7.23. The third kappa shape index (κ3) is 5.05. The van der Waals surface area contributed by atoms with Crippen molar-refractivity contribution < 1.29 is 14.3 Å². The summed E-state index contributed by atoms with van der Waals surface area (Å²) in [5.74, 6) is 0.112. The first-order chi connectivity index (χ1) is 11.8. The van der Waals surface area contributed by atoms with Crippen molar-refractivity contribution in [2.24, 2.45) is 5.41 Å². The average Bonchev–Trinajstić information content (AvgIpc) is 2.59. The van der Waals surface area contributed by atoms with Gasteiger partial charge in [-0.3, -0.25) is 4.79 Å². The summed E-state index contributed by atoms with van der Waals surface area (Å²) in [6, 6.07) is 10.6. The van der Waals surface area contributed by atoms with Crippen LogP contribution >= 0.6 is 0 Å². The van der Waals surface area contributed by atoms with Crippen LogP contribution in [0.5, 0.6) is 0 Å². The van der Waals surface area contributed by atoms with Crippen LogP contribution in [0.4, 0.5) is 0 Å². The minimum atomic E-state index is 0.112. The first kappa shape index (κ1) is 17.4. The zero-order valence-corrected chi connectivity index (χ0v) is 14.5. The molecule has 1 aliphatic carbocycles. The molecule has 1 saturated carbocycles. The van der Waals surface area contributed by atoms with Gasteiger partial charge in [0.25, 0.3) is 0 Å². The average molecular weight is 331 g/mol. The highest BCUT2D eigenvalue weighted by Gasteiger charge is 2.37. The van der Waals surface area contributed by atoms with Gasteiger partial charge in [0.05, 0.1) is 12.7 Å². The number of nitrogens with one attached hydrogen (secondary N) is 1. The summed E-state index contributed by atoms with van der Waals surface area (Å²) in [7, 11) is 0. The molecular formula is C20H29NO3. The summed E-state index contributed by atoms with van der Waals surface area (Å²) in [4.78, 5) is 12.1. The molecule has 132 valence electrons. The summed E-state index contributed by atoms with van der Waals surface area (Å²) in [6.45, 7) is 2.86. The SMILES string of the molecule is O=C(CCOC1CCOCC1)NCC1(Cc2ccccc2)CCC1. The fourth-order valence-electron chi connectivity index (χ4n) is 3.66. The summed E-state index contributed by atoms with van der Waals surface area (Å²) in [5.41, 5.74) is 1.63.